The fourth-order valence-electron chi connectivity index (χ4n) is 1.15. The molecule has 0 aliphatic carbocycles. The molecule has 0 amide bonds. The van der Waals surface area contributed by atoms with Crippen molar-refractivity contribution in [3.63, 3.8) is 0 Å². The van der Waals surface area contributed by atoms with E-state index in [1.54, 1.807) is 12.3 Å². The molecule has 3 nitrogen and oxygen atoms in total. The number of rotatable bonds is 1. The number of aromatic nitrogens is 3. The van der Waals surface area contributed by atoms with E-state index in [1.165, 1.54) is 0 Å². The molecule has 0 N–H and O–H groups in total. The van der Waals surface area contributed by atoms with Gasteiger partial charge in [-0.25, -0.2) is 9.97 Å². The fraction of sp³-hybridized carbons (Fsp3) is 0.100. The summed E-state index contributed by atoms with van der Waals surface area (Å²) in [6, 6.07) is 5.45. The highest BCUT2D eigenvalue weighted by atomic mass is 79.9. The Balaban J connectivity index is 2.49. The molecular weight excluding hydrogens is 277 g/mol. The lowest BCUT2D eigenvalue weighted by atomic mass is 10.3. The zero-order chi connectivity index (χ0) is 10.8. The SMILES string of the molecule is Cc1cc(Cl)nc(-c2ccc(Br)cn2)n1. The summed E-state index contributed by atoms with van der Waals surface area (Å²) in [5.74, 6) is 0.549. The van der Waals surface area contributed by atoms with Crippen molar-refractivity contribution in [2.24, 2.45) is 0 Å². The van der Waals surface area contributed by atoms with E-state index in [1.807, 2.05) is 19.1 Å². The molecule has 2 aromatic rings. The number of hydrogen-bond donors (Lipinski definition) is 0. The number of nitrogens with zero attached hydrogens (tertiary/aromatic N) is 3. The van der Waals surface area contributed by atoms with Crippen LogP contribution >= 0.6 is 27.5 Å². The summed E-state index contributed by atoms with van der Waals surface area (Å²) in [5, 5.41) is 0.433. The molecule has 2 rings (SSSR count). The lowest BCUT2D eigenvalue weighted by Crippen LogP contribution is -1.93. The van der Waals surface area contributed by atoms with Crippen molar-refractivity contribution in [3.8, 4) is 11.5 Å². The Morgan fingerprint density at radius 1 is 1.27 bits per heavy atom. The van der Waals surface area contributed by atoms with Crippen molar-refractivity contribution in [3.05, 3.63) is 39.7 Å². The molecule has 0 fully saturated rings. The Morgan fingerprint density at radius 3 is 2.67 bits per heavy atom. The van der Waals surface area contributed by atoms with Gasteiger partial charge in [-0.05, 0) is 41.1 Å². The quantitative estimate of drug-likeness (QED) is 0.755. The average Bonchev–Trinajstić information content (AvgIpc) is 2.17. The minimum atomic E-state index is 0.433. The van der Waals surface area contributed by atoms with Crippen molar-refractivity contribution >= 4 is 27.5 Å². The Hall–Kier alpha value is -1.00. The highest BCUT2D eigenvalue weighted by Crippen LogP contribution is 2.17. The summed E-state index contributed by atoms with van der Waals surface area (Å²) in [6.45, 7) is 1.87. The minimum Gasteiger partial charge on any atom is -0.252 e. The zero-order valence-electron chi connectivity index (χ0n) is 7.91. The van der Waals surface area contributed by atoms with E-state index in [0.717, 1.165) is 10.2 Å². The molecule has 0 atom stereocenters. The van der Waals surface area contributed by atoms with Gasteiger partial charge in [-0.2, -0.15) is 0 Å². The Labute approximate surface area is 101 Å². The predicted octanol–water partition coefficient (Wildman–Crippen LogP) is 3.26. The fourth-order valence-corrected chi connectivity index (χ4v) is 1.63. The maximum absolute atomic E-state index is 5.84. The van der Waals surface area contributed by atoms with Gasteiger partial charge in [0, 0.05) is 16.4 Å². The van der Waals surface area contributed by atoms with Crippen LogP contribution in [-0.4, -0.2) is 15.0 Å². The first-order valence-corrected chi connectivity index (χ1v) is 5.45. The normalized spacial score (nSPS) is 10.3. The van der Waals surface area contributed by atoms with Gasteiger partial charge in [-0.15, -0.1) is 0 Å². The van der Waals surface area contributed by atoms with E-state index >= 15 is 0 Å². The zero-order valence-corrected chi connectivity index (χ0v) is 10.2. The summed E-state index contributed by atoms with van der Waals surface area (Å²) in [6.07, 6.45) is 1.70. The van der Waals surface area contributed by atoms with Crippen molar-refractivity contribution in [1.82, 2.24) is 15.0 Å². The predicted molar refractivity (Wildman–Crippen MR) is 62.7 cm³/mol. The molecule has 0 unspecified atom stereocenters. The first-order valence-electron chi connectivity index (χ1n) is 4.28. The van der Waals surface area contributed by atoms with Gasteiger partial charge in [-0.3, -0.25) is 4.98 Å². The van der Waals surface area contributed by atoms with Gasteiger partial charge in [0.2, 0.25) is 0 Å². The van der Waals surface area contributed by atoms with Crippen LogP contribution in [0.4, 0.5) is 0 Å². The molecule has 5 heteroatoms. The first-order chi connectivity index (χ1) is 7.15. The topological polar surface area (TPSA) is 38.7 Å². The third kappa shape index (κ3) is 2.52. The second-order valence-corrected chi connectivity index (χ2v) is 4.32. The van der Waals surface area contributed by atoms with E-state index in [0.29, 0.717) is 16.7 Å². The molecule has 0 saturated carbocycles. The Morgan fingerprint density at radius 2 is 2.07 bits per heavy atom. The molecule has 0 spiro atoms. The smallest absolute Gasteiger partial charge is 0.179 e. The van der Waals surface area contributed by atoms with Crippen LogP contribution in [0.1, 0.15) is 5.69 Å². The molecule has 76 valence electrons. The number of hydrogen-bond acceptors (Lipinski definition) is 3. The van der Waals surface area contributed by atoms with Gasteiger partial charge >= 0.3 is 0 Å². The van der Waals surface area contributed by atoms with E-state index in [-0.39, 0.29) is 0 Å². The lowest BCUT2D eigenvalue weighted by molar-refractivity contribution is 1.09. The monoisotopic (exact) mass is 283 g/mol. The van der Waals surface area contributed by atoms with Gasteiger partial charge in [0.25, 0.3) is 0 Å². The average molecular weight is 285 g/mol. The van der Waals surface area contributed by atoms with E-state index in [9.17, 15) is 0 Å². The third-order valence-corrected chi connectivity index (χ3v) is 2.44. The molecule has 2 heterocycles. The molecule has 0 bridgehead atoms. The van der Waals surface area contributed by atoms with Crippen LogP contribution in [0.15, 0.2) is 28.9 Å². The number of pyridine rings is 1. The summed E-state index contributed by atoms with van der Waals surface area (Å²) in [7, 11) is 0. The second kappa shape index (κ2) is 4.24. The number of aryl methyl sites for hydroxylation is 1. The molecule has 0 aliphatic rings. The van der Waals surface area contributed by atoms with Crippen LogP contribution < -0.4 is 0 Å². The molecular formula is C10H7BrClN3. The van der Waals surface area contributed by atoms with Crippen molar-refractivity contribution in [1.29, 1.82) is 0 Å². The van der Waals surface area contributed by atoms with Gasteiger partial charge in [-0.1, -0.05) is 11.6 Å². The van der Waals surface area contributed by atoms with Crippen LogP contribution in [0, 0.1) is 6.92 Å². The van der Waals surface area contributed by atoms with Crippen LogP contribution in [0.2, 0.25) is 5.15 Å². The number of halogens is 2. The first kappa shape index (κ1) is 10.5. The van der Waals surface area contributed by atoms with Crippen LogP contribution in [0.3, 0.4) is 0 Å². The molecule has 0 saturated heterocycles. The van der Waals surface area contributed by atoms with Gasteiger partial charge in [0.15, 0.2) is 5.82 Å². The third-order valence-electron chi connectivity index (χ3n) is 1.78. The van der Waals surface area contributed by atoms with E-state index in [2.05, 4.69) is 30.9 Å². The molecule has 0 aliphatic heterocycles. The van der Waals surface area contributed by atoms with Crippen molar-refractivity contribution in [2.75, 3.05) is 0 Å². The van der Waals surface area contributed by atoms with Crippen LogP contribution in [0.25, 0.3) is 11.5 Å². The van der Waals surface area contributed by atoms with Crippen LogP contribution in [0.5, 0.6) is 0 Å². The van der Waals surface area contributed by atoms with E-state index in [4.69, 9.17) is 11.6 Å². The lowest BCUT2D eigenvalue weighted by Gasteiger charge is -2.01. The Kier molecular flexibility index (Phi) is 2.98. The van der Waals surface area contributed by atoms with Gasteiger partial charge in [0.05, 0.1) is 0 Å². The van der Waals surface area contributed by atoms with Crippen molar-refractivity contribution < 1.29 is 0 Å². The maximum atomic E-state index is 5.84. The standard InChI is InChI=1S/C10H7BrClN3/c1-6-4-9(12)15-10(14-6)8-3-2-7(11)5-13-8/h2-5H,1H3. The molecule has 15 heavy (non-hydrogen) atoms. The van der Waals surface area contributed by atoms with Crippen LogP contribution in [-0.2, 0) is 0 Å². The van der Waals surface area contributed by atoms with E-state index < -0.39 is 0 Å². The highest BCUT2D eigenvalue weighted by Gasteiger charge is 2.04. The van der Waals surface area contributed by atoms with Gasteiger partial charge < -0.3 is 0 Å². The molecule has 0 radical (unpaired) electrons. The summed E-state index contributed by atoms with van der Waals surface area (Å²) < 4.78 is 0.921. The van der Waals surface area contributed by atoms with Crippen molar-refractivity contribution in [2.45, 2.75) is 6.92 Å². The molecule has 2 aromatic heterocycles. The summed E-state index contributed by atoms with van der Waals surface area (Å²) in [5.41, 5.74) is 1.54. The van der Waals surface area contributed by atoms with Gasteiger partial charge in [0.1, 0.15) is 10.8 Å². The minimum absolute atomic E-state index is 0.433. The highest BCUT2D eigenvalue weighted by molar-refractivity contribution is 9.10. The summed E-state index contributed by atoms with van der Waals surface area (Å²) >= 11 is 9.16. The maximum Gasteiger partial charge on any atom is 0.179 e. The summed E-state index contributed by atoms with van der Waals surface area (Å²) in [4.78, 5) is 12.6. The second-order valence-electron chi connectivity index (χ2n) is 3.02. The Bertz CT molecular complexity index is 464. The molecule has 0 aromatic carbocycles. The largest absolute Gasteiger partial charge is 0.252 e.